The lowest BCUT2D eigenvalue weighted by molar-refractivity contribution is -0.141. The molecule has 1 aliphatic rings. The second kappa shape index (κ2) is 13.8. The van der Waals surface area contributed by atoms with Crippen LogP contribution < -0.4 is 10.2 Å². The fraction of sp³-hybridized carbons (Fsp3) is 0.286. The van der Waals surface area contributed by atoms with Gasteiger partial charge >= 0.3 is 0 Å². The smallest absolute Gasteiger partial charge is 0.258 e. The van der Waals surface area contributed by atoms with Gasteiger partial charge in [0.2, 0.25) is 11.8 Å². The molecule has 0 saturated carbocycles. The highest BCUT2D eigenvalue weighted by atomic mass is 79.9. The summed E-state index contributed by atoms with van der Waals surface area (Å²) >= 11 is 3.49. The third-order valence-corrected chi connectivity index (χ3v) is 8.32. The molecule has 0 aliphatic carbocycles. The monoisotopic (exact) mass is 625 g/mol. The van der Waals surface area contributed by atoms with Crippen LogP contribution in [0.1, 0.15) is 54.1 Å². The van der Waals surface area contributed by atoms with Gasteiger partial charge in [0.05, 0.1) is 5.69 Å². The van der Waals surface area contributed by atoms with Crippen LogP contribution >= 0.6 is 15.9 Å². The van der Waals surface area contributed by atoms with E-state index in [1.54, 1.807) is 9.80 Å². The number of hydrogen-bond acceptors (Lipinski definition) is 3. The second-order valence-electron chi connectivity index (χ2n) is 10.7. The van der Waals surface area contributed by atoms with Crippen LogP contribution in [0.3, 0.4) is 0 Å². The number of anilines is 1. The van der Waals surface area contributed by atoms with Gasteiger partial charge in [0.25, 0.3) is 5.91 Å². The van der Waals surface area contributed by atoms with Crippen molar-refractivity contribution in [1.82, 2.24) is 10.2 Å². The maximum absolute atomic E-state index is 14.0. The minimum absolute atomic E-state index is 0.0294. The number of carbonyl (C=O) groups excluding carboxylic acids is 3. The summed E-state index contributed by atoms with van der Waals surface area (Å²) in [6.07, 6.45) is 2.98. The number of benzene rings is 4. The number of rotatable bonds is 13. The highest BCUT2D eigenvalue weighted by Crippen LogP contribution is 2.37. The summed E-state index contributed by atoms with van der Waals surface area (Å²) in [4.78, 5) is 44.3. The number of halogens is 1. The van der Waals surface area contributed by atoms with E-state index in [1.807, 2.05) is 91.0 Å². The molecule has 216 valence electrons. The lowest BCUT2D eigenvalue weighted by Crippen LogP contribution is -2.50. The third-order valence-electron chi connectivity index (χ3n) is 7.79. The van der Waals surface area contributed by atoms with E-state index in [-0.39, 0.29) is 24.1 Å². The summed E-state index contributed by atoms with van der Waals surface area (Å²) in [5, 5.41) is 5.08. The van der Waals surface area contributed by atoms with Gasteiger partial charge in [-0.1, -0.05) is 96.0 Å². The molecule has 4 aromatic carbocycles. The minimum Gasteiger partial charge on any atom is -0.354 e. The van der Waals surface area contributed by atoms with Gasteiger partial charge < -0.3 is 15.1 Å². The first-order valence-corrected chi connectivity index (χ1v) is 15.4. The zero-order valence-corrected chi connectivity index (χ0v) is 25.5. The van der Waals surface area contributed by atoms with E-state index in [2.05, 4.69) is 28.2 Å². The van der Waals surface area contributed by atoms with E-state index < -0.39 is 6.04 Å². The predicted molar refractivity (Wildman–Crippen MR) is 171 cm³/mol. The van der Waals surface area contributed by atoms with Crippen molar-refractivity contribution in [2.45, 2.75) is 51.6 Å². The predicted octanol–water partition coefficient (Wildman–Crippen LogP) is 6.90. The van der Waals surface area contributed by atoms with Crippen LogP contribution in [0.4, 0.5) is 5.69 Å². The van der Waals surface area contributed by atoms with E-state index >= 15 is 0 Å². The van der Waals surface area contributed by atoms with Crippen LogP contribution in [0.5, 0.6) is 0 Å². The van der Waals surface area contributed by atoms with Crippen molar-refractivity contribution in [3.8, 4) is 0 Å². The molecule has 0 bridgehead atoms. The first kappa shape index (κ1) is 29.5. The molecule has 0 aromatic heterocycles. The standard InChI is InChI=1S/C35H36BrN3O3/c1-2-3-21-37-34(41)31(23-25-10-5-4-6-11-25)39(24-26-17-19-28(36)20-18-26)32(40)16-9-22-38-30-15-8-13-27-12-7-14-29(33(27)30)35(38)42/h4-8,10-15,17-20,31H,2-3,9,16,21-24H2,1H3,(H,37,41)/t31-/m0/s1. The molecular formula is C35H36BrN3O3. The van der Waals surface area contributed by atoms with Crippen LogP contribution in [0.15, 0.2) is 95.5 Å². The molecule has 0 unspecified atom stereocenters. The molecule has 5 rings (SSSR count). The fourth-order valence-corrected chi connectivity index (χ4v) is 5.84. The first-order valence-electron chi connectivity index (χ1n) is 14.7. The molecule has 0 spiro atoms. The van der Waals surface area contributed by atoms with Gasteiger partial charge in [0.15, 0.2) is 0 Å². The average Bonchev–Trinajstić information content (AvgIpc) is 3.28. The van der Waals surface area contributed by atoms with Gasteiger partial charge in [-0.3, -0.25) is 14.4 Å². The number of nitrogens with zero attached hydrogens (tertiary/aromatic N) is 2. The zero-order chi connectivity index (χ0) is 29.5. The molecule has 3 amide bonds. The highest BCUT2D eigenvalue weighted by Gasteiger charge is 2.32. The Morgan fingerprint density at radius 2 is 1.62 bits per heavy atom. The van der Waals surface area contributed by atoms with Crippen molar-refractivity contribution in [2.75, 3.05) is 18.0 Å². The van der Waals surface area contributed by atoms with Crippen molar-refractivity contribution >= 4 is 50.1 Å². The summed E-state index contributed by atoms with van der Waals surface area (Å²) in [7, 11) is 0. The summed E-state index contributed by atoms with van der Waals surface area (Å²) in [5.41, 5.74) is 3.54. The molecule has 1 aliphatic heterocycles. The maximum atomic E-state index is 14.0. The number of hydrogen-bond donors (Lipinski definition) is 1. The van der Waals surface area contributed by atoms with Crippen LogP contribution in [-0.2, 0) is 22.6 Å². The van der Waals surface area contributed by atoms with Crippen LogP contribution in [0.25, 0.3) is 10.8 Å². The Morgan fingerprint density at radius 1 is 0.881 bits per heavy atom. The fourth-order valence-electron chi connectivity index (χ4n) is 5.58. The van der Waals surface area contributed by atoms with Crippen molar-refractivity contribution in [3.05, 3.63) is 112 Å². The largest absolute Gasteiger partial charge is 0.354 e. The maximum Gasteiger partial charge on any atom is 0.258 e. The summed E-state index contributed by atoms with van der Waals surface area (Å²) < 4.78 is 0.952. The lowest BCUT2D eigenvalue weighted by Gasteiger charge is -2.32. The molecule has 42 heavy (non-hydrogen) atoms. The Morgan fingerprint density at radius 3 is 2.36 bits per heavy atom. The Hall–Kier alpha value is -3.97. The Balaban J connectivity index is 1.36. The second-order valence-corrected chi connectivity index (χ2v) is 11.7. The normalized spacial score (nSPS) is 12.9. The lowest BCUT2D eigenvalue weighted by atomic mass is 10.0. The molecule has 0 radical (unpaired) electrons. The topological polar surface area (TPSA) is 69.7 Å². The molecule has 4 aromatic rings. The number of carbonyl (C=O) groups is 3. The highest BCUT2D eigenvalue weighted by molar-refractivity contribution is 9.10. The van der Waals surface area contributed by atoms with E-state index in [0.717, 1.165) is 44.9 Å². The van der Waals surface area contributed by atoms with Crippen molar-refractivity contribution in [2.24, 2.45) is 0 Å². The Labute approximate surface area is 255 Å². The van der Waals surface area contributed by atoms with E-state index in [0.29, 0.717) is 38.0 Å². The van der Waals surface area contributed by atoms with Crippen LogP contribution in [-0.4, -0.2) is 41.8 Å². The van der Waals surface area contributed by atoms with E-state index in [4.69, 9.17) is 0 Å². The minimum atomic E-state index is -0.660. The van der Waals surface area contributed by atoms with Gasteiger partial charge in [0.1, 0.15) is 6.04 Å². The van der Waals surface area contributed by atoms with Crippen LogP contribution in [0.2, 0.25) is 0 Å². The first-order chi connectivity index (χ1) is 20.5. The average molecular weight is 627 g/mol. The molecule has 0 fully saturated rings. The third kappa shape index (κ3) is 6.73. The van der Waals surface area contributed by atoms with E-state index in [1.165, 1.54) is 0 Å². The molecule has 1 N–H and O–H groups in total. The number of unbranched alkanes of at least 4 members (excludes halogenated alkanes) is 1. The van der Waals surface area contributed by atoms with Crippen molar-refractivity contribution < 1.29 is 14.4 Å². The molecule has 0 saturated heterocycles. The van der Waals surface area contributed by atoms with Crippen LogP contribution in [0, 0.1) is 0 Å². The Bertz CT molecular complexity index is 1550. The summed E-state index contributed by atoms with van der Waals surface area (Å²) in [5.74, 6) is -0.278. The Kier molecular flexibility index (Phi) is 9.70. The van der Waals surface area contributed by atoms with Gasteiger partial charge in [0, 0.05) is 47.9 Å². The SMILES string of the molecule is CCCCNC(=O)[C@H](Cc1ccccc1)N(Cc1ccc(Br)cc1)C(=O)CCCN1C(=O)c2cccc3cccc1c23. The summed E-state index contributed by atoms with van der Waals surface area (Å²) in [6, 6.07) is 28.7. The molecule has 7 heteroatoms. The van der Waals surface area contributed by atoms with Gasteiger partial charge in [-0.2, -0.15) is 0 Å². The molecule has 1 heterocycles. The quantitative estimate of drug-likeness (QED) is 0.164. The number of nitrogens with one attached hydrogen (secondary N) is 1. The molecule has 1 atom stereocenters. The van der Waals surface area contributed by atoms with Gasteiger partial charge in [-0.25, -0.2) is 0 Å². The van der Waals surface area contributed by atoms with Gasteiger partial charge in [-0.05, 0) is 53.6 Å². The van der Waals surface area contributed by atoms with Crippen molar-refractivity contribution in [1.29, 1.82) is 0 Å². The zero-order valence-electron chi connectivity index (χ0n) is 23.9. The molecule has 6 nitrogen and oxygen atoms in total. The van der Waals surface area contributed by atoms with Crippen molar-refractivity contribution in [3.63, 3.8) is 0 Å². The summed E-state index contributed by atoms with van der Waals surface area (Å²) in [6.45, 7) is 3.40. The number of amides is 3. The van der Waals surface area contributed by atoms with Gasteiger partial charge in [-0.15, -0.1) is 0 Å². The molecular weight excluding hydrogens is 590 g/mol. The van der Waals surface area contributed by atoms with E-state index in [9.17, 15) is 14.4 Å².